The molecule has 0 radical (unpaired) electrons. The minimum absolute atomic E-state index is 0.0205. The third-order valence-electron chi connectivity index (χ3n) is 9.20. The molecule has 2 unspecified atom stereocenters. The molecule has 0 N–H and O–H groups in total. The second kappa shape index (κ2) is 18.9. The van der Waals surface area contributed by atoms with E-state index in [0.717, 1.165) is 38.5 Å². The molecule has 0 aromatic heterocycles. The van der Waals surface area contributed by atoms with Gasteiger partial charge >= 0.3 is 5.97 Å². The SMILES string of the molecule is CCCCCCCCCCCCCCCCC(=O)OC1CC(C)(C)N(OC(C)c2ccccc2)C(CC)(CC)C1. The Morgan fingerprint density at radius 1 is 0.800 bits per heavy atom. The fourth-order valence-corrected chi connectivity index (χ4v) is 6.68. The molecule has 1 aromatic rings. The van der Waals surface area contributed by atoms with Gasteiger partial charge in [0, 0.05) is 30.3 Å². The molecule has 2 rings (SSSR count). The number of benzene rings is 1. The number of carbonyl (C=O) groups is 1. The Labute approximate surface area is 247 Å². The molecule has 1 fully saturated rings. The van der Waals surface area contributed by atoms with Crippen molar-refractivity contribution in [3.63, 3.8) is 0 Å². The van der Waals surface area contributed by atoms with Crippen LogP contribution >= 0.6 is 0 Å². The Morgan fingerprint density at radius 3 is 1.80 bits per heavy atom. The number of nitrogens with zero attached hydrogens (tertiary/aromatic N) is 1. The van der Waals surface area contributed by atoms with E-state index < -0.39 is 0 Å². The number of hydroxylamine groups is 2. The van der Waals surface area contributed by atoms with E-state index in [1.54, 1.807) is 0 Å². The van der Waals surface area contributed by atoms with Crippen molar-refractivity contribution in [3.8, 4) is 0 Å². The molecule has 0 spiro atoms. The minimum Gasteiger partial charge on any atom is -0.462 e. The number of esters is 1. The lowest BCUT2D eigenvalue weighted by atomic mass is 9.75. The predicted molar refractivity (Wildman–Crippen MR) is 169 cm³/mol. The molecule has 230 valence electrons. The Bertz CT molecular complexity index is 788. The van der Waals surface area contributed by atoms with Gasteiger partial charge in [-0.1, -0.05) is 135 Å². The van der Waals surface area contributed by atoms with Crippen LogP contribution in [0.1, 0.15) is 175 Å². The quantitative estimate of drug-likeness (QED) is 0.111. The van der Waals surface area contributed by atoms with E-state index in [4.69, 9.17) is 9.57 Å². The highest BCUT2D eigenvalue weighted by Crippen LogP contribution is 2.45. The first-order valence-electron chi connectivity index (χ1n) is 17.0. The smallest absolute Gasteiger partial charge is 0.306 e. The molecule has 0 bridgehead atoms. The number of carbonyl (C=O) groups excluding carboxylic acids is 1. The monoisotopic (exact) mass is 557 g/mol. The minimum atomic E-state index is -0.229. The zero-order chi connectivity index (χ0) is 29.3. The molecule has 1 aliphatic heterocycles. The lowest BCUT2D eigenvalue weighted by Gasteiger charge is -2.56. The fourth-order valence-electron chi connectivity index (χ4n) is 6.68. The first-order chi connectivity index (χ1) is 19.3. The van der Waals surface area contributed by atoms with Crippen molar-refractivity contribution in [1.29, 1.82) is 0 Å². The topological polar surface area (TPSA) is 38.8 Å². The fraction of sp³-hybridized carbons (Fsp3) is 0.806. The summed E-state index contributed by atoms with van der Waals surface area (Å²) >= 11 is 0. The van der Waals surface area contributed by atoms with Crippen LogP contribution in [0.3, 0.4) is 0 Å². The Balaban J connectivity index is 1.68. The third kappa shape index (κ3) is 11.8. The zero-order valence-corrected chi connectivity index (χ0v) is 27.1. The Kier molecular flexibility index (Phi) is 16.5. The van der Waals surface area contributed by atoms with E-state index in [9.17, 15) is 4.79 Å². The van der Waals surface area contributed by atoms with Crippen LogP contribution in [0.4, 0.5) is 0 Å². The molecule has 0 saturated carbocycles. The first kappa shape index (κ1) is 34.8. The number of unbranched alkanes of at least 4 members (excludes halogenated alkanes) is 13. The highest BCUT2D eigenvalue weighted by Gasteiger charge is 2.51. The van der Waals surface area contributed by atoms with Gasteiger partial charge in [0.2, 0.25) is 0 Å². The summed E-state index contributed by atoms with van der Waals surface area (Å²) in [5.41, 5.74) is 0.805. The molecule has 4 nitrogen and oxygen atoms in total. The lowest BCUT2D eigenvalue weighted by Crippen LogP contribution is -2.64. The molecule has 1 saturated heterocycles. The third-order valence-corrected chi connectivity index (χ3v) is 9.20. The largest absolute Gasteiger partial charge is 0.462 e. The van der Waals surface area contributed by atoms with Crippen molar-refractivity contribution in [3.05, 3.63) is 35.9 Å². The number of rotatable bonds is 21. The van der Waals surface area contributed by atoms with Crippen LogP contribution in [0.25, 0.3) is 0 Å². The maximum absolute atomic E-state index is 12.8. The van der Waals surface area contributed by atoms with E-state index >= 15 is 0 Å². The van der Waals surface area contributed by atoms with Crippen LogP contribution in [-0.2, 0) is 14.4 Å². The summed E-state index contributed by atoms with van der Waals surface area (Å²) in [7, 11) is 0. The van der Waals surface area contributed by atoms with Crippen molar-refractivity contribution >= 4 is 5.97 Å². The zero-order valence-electron chi connectivity index (χ0n) is 27.1. The molecular formula is C36H63NO3. The molecule has 0 aliphatic carbocycles. The number of hydrogen-bond acceptors (Lipinski definition) is 4. The first-order valence-corrected chi connectivity index (χ1v) is 17.0. The number of ether oxygens (including phenoxy) is 1. The molecule has 0 amide bonds. The van der Waals surface area contributed by atoms with E-state index in [1.165, 1.54) is 82.6 Å². The highest BCUT2D eigenvalue weighted by molar-refractivity contribution is 5.69. The summed E-state index contributed by atoms with van der Waals surface area (Å²) in [6.45, 7) is 13.4. The van der Waals surface area contributed by atoms with Crippen LogP contribution in [0.2, 0.25) is 0 Å². The van der Waals surface area contributed by atoms with Crippen LogP contribution in [0, 0.1) is 0 Å². The van der Waals surface area contributed by atoms with Crippen LogP contribution < -0.4 is 0 Å². The normalized spacial score (nSPS) is 19.4. The molecule has 1 aromatic carbocycles. The Hall–Kier alpha value is -1.39. The van der Waals surface area contributed by atoms with Crippen molar-refractivity contribution < 1.29 is 14.4 Å². The van der Waals surface area contributed by atoms with Gasteiger partial charge in [0.15, 0.2) is 0 Å². The second-order valence-electron chi connectivity index (χ2n) is 13.1. The summed E-state index contributed by atoms with van der Waals surface area (Å²) < 4.78 is 6.12. The average Bonchev–Trinajstić information content (AvgIpc) is 2.94. The van der Waals surface area contributed by atoms with Crippen LogP contribution in [-0.4, -0.2) is 28.2 Å². The summed E-state index contributed by atoms with van der Waals surface area (Å²) in [4.78, 5) is 19.5. The maximum atomic E-state index is 12.8. The highest BCUT2D eigenvalue weighted by atomic mass is 16.7. The van der Waals surface area contributed by atoms with Crippen molar-refractivity contribution in [2.24, 2.45) is 0 Å². The molecule has 4 heteroatoms. The van der Waals surface area contributed by atoms with Gasteiger partial charge in [-0.3, -0.25) is 9.63 Å². The standard InChI is InChI=1S/C36H63NO3/c1-7-10-11-12-13-14-15-16-17-18-19-20-21-25-28-34(38)39-33-29-35(5,6)37(36(8-2,9-3)30-33)40-31(4)32-26-23-22-24-27-32/h22-24,26-27,31,33H,7-21,25,28-30H2,1-6H3. The van der Waals surface area contributed by atoms with Gasteiger partial charge in [0.1, 0.15) is 12.2 Å². The molecule has 1 heterocycles. The van der Waals surface area contributed by atoms with E-state index in [-0.39, 0.29) is 29.3 Å². The Morgan fingerprint density at radius 2 is 1.30 bits per heavy atom. The van der Waals surface area contributed by atoms with Crippen LogP contribution in [0.15, 0.2) is 30.3 Å². The second-order valence-corrected chi connectivity index (χ2v) is 13.1. The van der Waals surface area contributed by atoms with Crippen molar-refractivity contribution in [2.75, 3.05) is 0 Å². The number of hydrogen-bond donors (Lipinski definition) is 0. The predicted octanol–water partition coefficient (Wildman–Crippen LogP) is 10.9. The molecule has 1 aliphatic rings. The van der Waals surface area contributed by atoms with E-state index in [2.05, 4.69) is 70.9 Å². The lowest BCUT2D eigenvalue weighted by molar-refractivity contribution is -0.323. The van der Waals surface area contributed by atoms with Gasteiger partial charge in [-0.25, -0.2) is 0 Å². The molecule has 2 atom stereocenters. The molecule has 40 heavy (non-hydrogen) atoms. The maximum Gasteiger partial charge on any atom is 0.306 e. The van der Waals surface area contributed by atoms with Gasteiger partial charge in [-0.2, -0.15) is 5.06 Å². The van der Waals surface area contributed by atoms with Gasteiger partial charge < -0.3 is 4.74 Å². The van der Waals surface area contributed by atoms with Crippen molar-refractivity contribution in [2.45, 2.75) is 187 Å². The van der Waals surface area contributed by atoms with Gasteiger partial charge in [-0.05, 0) is 45.6 Å². The molecular weight excluding hydrogens is 494 g/mol. The van der Waals surface area contributed by atoms with E-state index in [1.807, 2.05) is 6.07 Å². The van der Waals surface area contributed by atoms with Gasteiger partial charge in [0.05, 0.1) is 0 Å². The van der Waals surface area contributed by atoms with Crippen molar-refractivity contribution in [1.82, 2.24) is 5.06 Å². The van der Waals surface area contributed by atoms with Gasteiger partial charge in [-0.15, -0.1) is 0 Å². The summed E-state index contributed by atoms with van der Waals surface area (Å²) in [6, 6.07) is 10.4. The van der Waals surface area contributed by atoms with E-state index in [0.29, 0.717) is 6.42 Å². The summed E-state index contributed by atoms with van der Waals surface area (Å²) in [5, 5.41) is 2.26. The average molecular weight is 558 g/mol. The number of piperidine rings is 1. The van der Waals surface area contributed by atoms with Crippen LogP contribution in [0.5, 0.6) is 0 Å². The van der Waals surface area contributed by atoms with Gasteiger partial charge in [0.25, 0.3) is 0 Å². The summed E-state index contributed by atoms with van der Waals surface area (Å²) in [6.07, 6.45) is 22.6. The summed E-state index contributed by atoms with van der Waals surface area (Å²) in [5.74, 6) is -0.0205.